The molecule has 0 aliphatic carbocycles. The van der Waals surface area contributed by atoms with Gasteiger partial charge in [0.25, 0.3) is 11.6 Å². The van der Waals surface area contributed by atoms with Crippen molar-refractivity contribution in [2.24, 2.45) is 11.8 Å². The van der Waals surface area contributed by atoms with E-state index in [9.17, 15) is 32.7 Å². The number of nitrogens with zero attached hydrogens (tertiary/aromatic N) is 2. The number of halogens is 3. The van der Waals surface area contributed by atoms with E-state index < -0.39 is 54.1 Å². The lowest BCUT2D eigenvalue weighted by atomic mass is 9.88. The first-order valence-corrected chi connectivity index (χ1v) is 12.7. The maximum Gasteiger partial charge on any atom is 0.438 e. The summed E-state index contributed by atoms with van der Waals surface area (Å²) < 4.78 is 44.1. The summed E-state index contributed by atoms with van der Waals surface area (Å²) in [6.07, 6.45) is -4.43. The first-order valence-electron chi connectivity index (χ1n) is 12.7. The molecule has 39 heavy (non-hydrogen) atoms. The third-order valence-corrected chi connectivity index (χ3v) is 6.63. The lowest BCUT2D eigenvalue weighted by Gasteiger charge is -2.49. The number of nitrogens with one attached hydrogen (secondary N) is 1. The summed E-state index contributed by atoms with van der Waals surface area (Å²) in [6, 6.07) is 13.2. The van der Waals surface area contributed by atoms with Crippen molar-refractivity contribution >= 4 is 23.4 Å². The van der Waals surface area contributed by atoms with Crippen molar-refractivity contribution < 1.29 is 32.7 Å². The molecule has 2 aromatic rings. The van der Waals surface area contributed by atoms with Crippen LogP contribution in [0.2, 0.25) is 0 Å². The Hall–Kier alpha value is -3.66. The van der Waals surface area contributed by atoms with Gasteiger partial charge in [0, 0.05) is 19.0 Å². The van der Waals surface area contributed by atoms with Gasteiger partial charge in [-0.3, -0.25) is 19.3 Å². The van der Waals surface area contributed by atoms with Crippen LogP contribution in [0.15, 0.2) is 66.9 Å². The van der Waals surface area contributed by atoms with E-state index in [1.54, 1.807) is 93.7 Å². The summed E-state index contributed by atoms with van der Waals surface area (Å²) in [6.45, 7) is 7.59. The van der Waals surface area contributed by atoms with E-state index in [0.717, 1.165) is 11.8 Å². The standard InChI is InChI=1S/C29H34F3N3O4/c1-18(2)25-27(38)35(23(22-14-10-7-11-15-22)17-34(25)26(37)19(3)4)24(16-21-12-8-6-9-13-21)28(39,29(30,31)32)33-20(5)36/h6-15,17-19,24-25,39H,16H2,1-5H3,(H,33,36)/t24?,25-,28?/m1/s1. The van der Waals surface area contributed by atoms with Gasteiger partial charge in [-0.05, 0) is 23.5 Å². The molecule has 0 spiro atoms. The third-order valence-electron chi connectivity index (χ3n) is 6.63. The summed E-state index contributed by atoms with van der Waals surface area (Å²) in [5.74, 6) is -3.27. The van der Waals surface area contributed by atoms with Crippen LogP contribution in [-0.4, -0.2) is 56.6 Å². The predicted molar refractivity (Wildman–Crippen MR) is 140 cm³/mol. The molecule has 0 fully saturated rings. The van der Waals surface area contributed by atoms with E-state index >= 15 is 0 Å². The fraction of sp³-hybridized carbons (Fsp3) is 0.414. The number of aliphatic hydroxyl groups is 1. The van der Waals surface area contributed by atoms with Gasteiger partial charge >= 0.3 is 6.18 Å². The molecule has 1 heterocycles. The smallest absolute Gasteiger partial charge is 0.362 e. The van der Waals surface area contributed by atoms with E-state index in [2.05, 4.69) is 0 Å². The van der Waals surface area contributed by atoms with Crippen LogP contribution in [0.4, 0.5) is 13.2 Å². The van der Waals surface area contributed by atoms with Crippen LogP contribution < -0.4 is 5.32 Å². The van der Waals surface area contributed by atoms with Crippen LogP contribution >= 0.6 is 0 Å². The molecule has 3 rings (SSSR count). The van der Waals surface area contributed by atoms with E-state index in [1.165, 1.54) is 11.1 Å². The van der Waals surface area contributed by atoms with Gasteiger partial charge in [-0.1, -0.05) is 88.4 Å². The van der Waals surface area contributed by atoms with E-state index in [-0.39, 0.29) is 11.6 Å². The fourth-order valence-corrected chi connectivity index (χ4v) is 4.78. The normalized spacial score (nSPS) is 18.6. The Labute approximate surface area is 226 Å². The van der Waals surface area contributed by atoms with Crippen molar-refractivity contribution in [2.45, 2.75) is 65.0 Å². The summed E-state index contributed by atoms with van der Waals surface area (Å²) in [5.41, 5.74) is -3.05. The monoisotopic (exact) mass is 545 g/mol. The number of amides is 3. The summed E-state index contributed by atoms with van der Waals surface area (Å²) >= 11 is 0. The van der Waals surface area contributed by atoms with Crippen molar-refractivity contribution in [1.82, 2.24) is 15.1 Å². The Morgan fingerprint density at radius 1 is 0.974 bits per heavy atom. The zero-order valence-electron chi connectivity index (χ0n) is 22.6. The fourth-order valence-electron chi connectivity index (χ4n) is 4.78. The largest absolute Gasteiger partial charge is 0.438 e. The third kappa shape index (κ3) is 6.16. The van der Waals surface area contributed by atoms with Crippen molar-refractivity contribution in [1.29, 1.82) is 0 Å². The zero-order chi connectivity index (χ0) is 29.1. The van der Waals surface area contributed by atoms with Gasteiger partial charge in [-0.25, -0.2) is 0 Å². The van der Waals surface area contributed by atoms with Gasteiger partial charge in [0.15, 0.2) is 0 Å². The first-order chi connectivity index (χ1) is 18.2. The van der Waals surface area contributed by atoms with Crippen molar-refractivity contribution in [3.8, 4) is 0 Å². The van der Waals surface area contributed by atoms with Crippen LogP contribution in [0.5, 0.6) is 0 Å². The Morgan fingerprint density at radius 3 is 1.97 bits per heavy atom. The average Bonchev–Trinajstić information content (AvgIpc) is 2.86. The number of rotatable bonds is 8. The lowest BCUT2D eigenvalue weighted by Crippen LogP contribution is -2.72. The molecule has 2 unspecified atom stereocenters. The van der Waals surface area contributed by atoms with Crippen LogP contribution in [0, 0.1) is 11.8 Å². The number of carbonyl (C=O) groups is 3. The van der Waals surface area contributed by atoms with Crippen molar-refractivity contribution in [3.63, 3.8) is 0 Å². The quantitative estimate of drug-likeness (QED) is 0.483. The minimum atomic E-state index is -5.36. The molecule has 0 aromatic heterocycles. The molecular weight excluding hydrogens is 511 g/mol. The van der Waals surface area contributed by atoms with Gasteiger partial charge in [0.05, 0.1) is 11.7 Å². The van der Waals surface area contributed by atoms with Crippen molar-refractivity contribution in [3.05, 3.63) is 78.0 Å². The van der Waals surface area contributed by atoms with E-state index in [1.807, 2.05) is 0 Å². The van der Waals surface area contributed by atoms with Gasteiger partial charge < -0.3 is 15.3 Å². The molecule has 1 aliphatic heterocycles. The molecule has 210 valence electrons. The summed E-state index contributed by atoms with van der Waals surface area (Å²) in [4.78, 5) is 41.7. The highest BCUT2D eigenvalue weighted by Gasteiger charge is 2.63. The highest BCUT2D eigenvalue weighted by Crippen LogP contribution is 2.41. The highest BCUT2D eigenvalue weighted by atomic mass is 19.4. The summed E-state index contributed by atoms with van der Waals surface area (Å²) in [5, 5.41) is 13.0. The minimum absolute atomic E-state index is 0.000424. The second-order valence-corrected chi connectivity index (χ2v) is 10.3. The SMILES string of the molecule is CC(=O)NC(O)(C(Cc1ccccc1)N1C(=O)[C@@H](C(C)C)N(C(=O)C(C)C)C=C1c1ccccc1)C(F)(F)F. The molecule has 7 nitrogen and oxygen atoms in total. The van der Waals surface area contributed by atoms with E-state index in [0.29, 0.717) is 11.1 Å². The van der Waals surface area contributed by atoms with Crippen molar-refractivity contribution in [2.75, 3.05) is 0 Å². The number of benzene rings is 2. The molecule has 0 saturated heterocycles. The number of carbonyl (C=O) groups excluding carboxylic acids is 3. The Bertz CT molecular complexity index is 1220. The molecule has 10 heteroatoms. The number of hydrogen-bond acceptors (Lipinski definition) is 4. The number of hydrogen-bond donors (Lipinski definition) is 2. The van der Waals surface area contributed by atoms with Crippen LogP contribution in [0.25, 0.3) is 5.70 Å². The molecule has 0 radical (unpaired) electrons. The minimum Gasteiger partial charge on any atom is -0.362 e. The second kappa shape index (κ2) is 11.6. The topological polar surface area (TPSA) is 89.9 Å². The van der Waals surface area contributed by atoms with Crippen LogP contribution in [0.1, 0.15) is 45.7 Å². The second-order valence-electron chi connectivity index (χ2n) is 10.3. The summed E-state index contributed by atoms with van der Waals surface area (Å²) in [7, 11) is 0. The Morgan fingerprint density at radius 2 is 1.51 bits per heavy atom. The molecule has 0 bridgehead atoms. The Kier molecular flexibility index (Phi) is 8.90. The molecule has 3 amide bonds. The van der Waals surface area contributed by atoms with Gasteiger partial charge in [0.2, 0.25) is 11.8 Å². The van der Waals surface area contributed by atoms with Gasteiger partial charge in [0.1, 0.15) is 6.04 Å². The predicted octanol–water partition coefficient (Wildman–Crippen LogP) is 4.33. The highest BCUT2D eigenvalue weighted by molar-refractivity contribution is 5.98. The Balaban J connectivity index is 2.37. The molecule has 2 aromatic carbocycles. The van der Waals surface area contributed by atoms with Gasteiger partial charge in [-0.2, -0.15) is 13.2 Å². The van der Waals surface area contributed by atoms with Crippen LogP contribution in [0.3, 0.4) is 0 Å². The molecule has 2 N–H and O–H groups in total. The molecule has 0 saturated carbocycles. The molecule has 1 aliphatic rings. The van der Waals surface area contributed by atoms with E-state index in [4.69, 9.17) is 0 Å². The number of alkyl halides is 3. The van der Waals surface area contributed by atoms with Crippen LogP contribution in [-0.2, 0) is 20.8 Å². The lowest BCUT2D eigenvalue weighted by molar-refractivity contribution is -0.287. The maximum atomic E-state index is 14.7. The first kappa shape index (κ1) is 29.9. The maximum absolute atomic E-state index is 14.7. The average molecular weight is 546 g/mol. The molecular formula is C29H34F3N3O4. The van der Waals surface area contributed by atoms with Gasteiger partial charge in [-0.15, -0.1) is 0 Å². The zero-order valence-corrected chi connectivity index (χ0v) is 22.6. The molecule has 3 atom stereocenters.